The molecule has 5 heterocycles. The quantitative estimate of drug-likeness (QED) is 0.101. The van der Waals surface area contributed by atoms with E-state index in [2.05, 4.69) is 25.7 Å². The number of alkyl halides is 3. The number of ketones is 1. The predicted octanol–water partition coefficient (Wildman–Crippen LogP) is 15.1. The van der Waals surface area contributed by atoms with Gasteiger partial charge in [0.25, 0.3) is 0 Å². The van der Waals surface area contributed by atoms with Crippen molar-refractivity contribution >= 4 is 64.5 Å². The number of nitrogens with one attached hydrogen (secondary N) is 3. The molecule has 3 atom stereocenters. The molecule has 4 aromatic carbocycles. The smallest absolute Gasteiger partial charge is 0.416 e. The topological polar surface area (TPSA) is 169 Å². The maximum atomic E-state index is 13.3. The van der Waals surface area contributed by atoms with Gasteiger partial charge in [-0.25, -0.2) is 14.4 Å². The third-order valence-electron chi connectivity index (χ3n) is 13.9. The van der Waals surface area contributed by atoms with E-state index in [0.717, 1.165) is 94.9 Å². The number of hydrogen-bond donors (Lipinski definition) is 3. The van der Waals surface area contributed by atoms with Crippen molar-refractivity contribution in [1.29, 1.82) is 0 Å². The highest BCUT2D eigenvalue weighted by Crippen LogP contribution is 2.37. The van der Waals surface area contributed by atoms with Crippen LogP contribution < -0.4 is 5.32 Å². The molecule has 0 spiro atoms. The van der Waals surface area contributed by atoms with Crippen molar-refractivity contribution in [3.05, 3.63) is 181 Å². The van der Waals surface area contributed by atoms with Gasteiger partial charge in [-0.2, -0.15) is 23.4 Å². The minimum absolute atomic E-state index is 0.0142. The Hall–Kier alpha value is -7.02. The Bertz CT molecular complexity index is 3160. The number of amides is 4. The Labute approximate surface area is 498 Å². The van der Waals surface area contributed by atoms with E-state index in [9.17, 15) is 32.3 Å². The molecule has 4 amide bonds. The number of benzene rings is 4. The van der Waals surface area contributed by atoms with Gasteiger partial charge in [0.05, 0.1) is 47.5 Å². The number of anilines is 1. The van der Waals surface area contributed by atoms with Gasteiger partial charge in [-0.15, -0.1) is 0 Å². The normalized spacial score (nSPS) is 17.3. The number of nitrogens with zero attached hydrogens (tertiary/aromatic N) is 6. The van der Waals surface area contributed by atoms with Gasteiger partial charge >= 0.3 is 24.4 Å². The zero-order valence-corrected chi connectivity index (χ0v) is 50.4. The fourth-order valence-electron chi connectivity index (χ4n) is 10.1. The molecule has 0 saturated carbocycles. The number of hydrogen-bond acceptors (Lipinski definition) is 9. The lowest BCUT2D eigenvalue weighted by molar-refractivity contribution is -0.137. The summed E-state index contributed by atoms with van der Waals surface area (Å²) in [6, 6.07) is 26.2. The summed E-state index contributed by atoms with van der Waals surface area (Å²) < 4.78 is 49.3. The van der Waals surface area contributed by atoms with Crippen LogP contribution in [0.2, 0.25) is 15.1 Å². The third-order valence-corrected chi connectivity index (χ3v) is 14.6. The highest BCUT2D eigenvalue weighted by atomic mass is 35.5. The van der Waals surface area contributed by atoms with Crippen molar-refractivity contribution in [2.24, 2.45) is 0 Å². The molecule has 15 nitrogen and oxygen atoms in total. The van der Waals surface area contributed by atoms with Gasteiger partial charge in [0.1, 0.15) is 11.2 Å². The second kappa shape index (κ2) is 28.0. The minimum atomic E-state index is -4.41. The molecule has 9 rings (SSSR count). The fraction of sp³-hybridized carbons (Fsp3) is 0.419. The van der Waals surface area contributed by atoms with Gasteiger partial charge in [-0.3, -0.25) is 24.8 Å². The third kappa shape index (κ3) is 18.5. The van der Waals surface area contributed by atoms with E-state index in [1.165, 1.54) is 12.1 Å². The lowest BCUT2D eigenvalue weighted by Gasteiger charge is -2.28. The van der Waals surface area contributed by atoms with E-state index >= 15 is 0 Å². The van der Waals surface area contributed by atoms with Crippen LogP contribution in [0.5, 0.6) is 0 Å². The summed E-state index contributed by atoms with van der Waals surface area (Å²) in [6.07, 6.45) is 7.16. The van der Waals surface area contributed by atoms with E-state index in [4.69, 9.17) is 44.3 Å². The van der Waals surface area contributed by atoms with Crippen LogP contribution in [0.4, 0.5) is 33.2 Å². The summed E-state index contributed by atoms with van der Waals surface area (Å²) in [5, 5.41) is 19.3. The van der Waals surface area contributed by atoms with Crippen LogP contribution in [-0.2, 0) is 39.7 Å². The Morgan fingerprint density at radius 1 is 0.614 bits per heavy atom. The maximum absolute atomic E-state index is 13.3. The van der Waals surface area contributed by atoms with E-state index in [-0.39, 0.29) is 30.0 Å². The lowest BCUT2D eigenvalue weighted by Crippen LogP contribution is -2.44. The van der Waals surface area contributed by atoms with Gasteiger partial charge in [0, 0.05) is 85.5 Å². The van der Waals surface area contributed by atoms with Gasteiger partial charge in [-0.1, -0.05) is 71.2 Å². The molecule has 21 heteroatoms. The molecule has 0 aliphatic carbocycles. The maximum Gasteiger partial charge on any atom is 0.416 e. The minimum Gasteiger partial charge on any atom is -0.444 e. The molecule has 6 aromatic rings. The first-order valence-electron chi connectivity index (χ1n) is 27.6. The zero-order valence-electron chi connectivity index (χ0n) is 48.1. The summed E-state index contributed by atoms with van der Waals surface area (Å²) in [5.74, 6) is -0.0259. The summed E-state index contributed by atoms with van der Waals surface area (Å²) in [4.78, 5) is 58.1. The largest absolute Gasteiger partial charge is 0.444 e. The number of carbonyl (C=O) groups is 4. The molecule has 3 saturated heterocycles. The van der Waals surface area contributed by atoms with Crippen LogP contribution in [-0.4, -0.2) is 115 Å². The predicted molar refractivity (Wildman–Crippen MR) is 318 cm³/mol. The average molecular weight is 1200 g/mol. The summed E-state index contributed by atoms with van der Waals surface area (Å²) in [7, 11) is 3.77. The molecule has 2 aromatic heterocycles. The first-order chi connectivity index (χ1) is 39.2. The Balaban J connectivity index is 0.000000180. The van der Waals surface area contributed by atoms with Crippen LogP contribution in [0.15, 0.2) is 121 Å². The van der Waals surface area contributed by atoms with E-state index in [0.29, 0.717) is 60.2 Å². The van der Waals surface area contributed by atoms with Crippen LogP contribution in [0, 0.1) is 0 Å². The molecule has 0 bridgehead atoms. The van der Waals surface area contributed by atoms with Crippen molar-refractivity contribution in [2.45, 2.75) is 135 Å². The second-order valence-electron chi connectivity index (χ2n) is 23.0. The van der Waals surface area contributed by atoms with Crippen LogP contribution in [0.1, 0.15) is 137 Å². The first kappa shape index (κ1) is 63.6. The second-order valence-corrected chi connectivity index (χ2v) is 24.3. The highest BCUT2D eigenvalue weighted by Gasteiger charge is 2.39. The van der Waals surface area contributed by atoms with Gasteiger partial charge < -0.3 is 24.6 Å². The number of ether oxygens (including phenoxy) is 2. The molecule has 0 radical (unpaired) electrons. The number of likely N-dealkylation sites (tertiary alicyclic amines) is 3. The molecule has 83 heavy (non-hydrogen) atoms. The average Bonchev–Trinajstić information content (AvgIpc) is 4.45. The molecule has 3 aliphatic rings. The Kier molecular flexibility index (Phi) is 21.5. The fourth-order valence-corrected chi connectivity index (χ4v) is 10.5. The van der Waals surface area contributed by atoms with Gasteiger partial charge in [0.15, 0.2) is 5.78 Å². The molecular weight excluding hydrogens is 1130 g/mol. The van der Waals surface area contributed by atoms with E-state index < -0.39 is 35.1 Å². The number of H-pyrrole nitrogens is 2. The summed E-state index contributed by atoms with van der Waals surface area (Å²) in [6.45, 7) is 13.0. The van der Waals surface area contributed by atoms with Crippen LogP contribution in [0.3, 0.4) is 0 Å². The highest BCUT2D eigenvalue weighted by molar-refractivity contribution is 6.31. The van der Waals surface area contributed by atoms with Crippen LogP contribution in [0.25, 0.3) is 0 Å². The number of aromatic amines is 2. The van der Waals surface area contributed by atoms with Crippen LogP contribution >= 0.6 is 34.8 Å². The number of carbonyl (C=O) groups excluding carboxylic acids is 4. The standard InChI is InChI=1S/C22H20ClF3N4O.C21H29ClN2O3.C19H24ClN3O2/c23-17-7-3-14(4-8-17)12-15-13-27-29-20(15)19-2-1-11-30(19)21(31)28-18-9-5-16(6-10-18)22(24,25)26;1-21(2,3)27-20(26)24-12-6-7-18(24)19(25)16(14-23(4)5)13-15-8-10-17(22)11-9-15;1-19(2,3)25-18(24)23-10-4-5-16(23)17-14(12-21-22-17)11-13-6-8-15(20)9-7-13/h3-10,13,19H,1-2,11-12H2,(H,27,29)(H,28,31);8-11,14,18H,6-7,12-13H2,1-5H3;6-9,12,16H,4-5,10-11H2,1-3H3,(H,21,22)/t19-;18-;16-/m111/s1. The Morgan fingerprint density at radius 3 is 1.49 bits per heavy atom. The number of aromatic nitrogens is 4. The van der Waals surface area contributed by atoms with E-state index in [1.54, 1.807) is 16.0 Å². The molecule has 3 fully saturated rings. The molecule has 3 N–H and O–H groups in total. The number of rotatable bonds is 12. The zero-order chi connectivity index (χ0) is 60.2. The molecule has 0 unspecified atom stereocenters. The summed E-state index contributed by atoms with van der Waals surface area (Å²) in [5.41, 5.74) is 6.34. The van der Waals surface area contributed by atoms with Crippen molar-refractivity contribution < 1.29 is 41.8 Å². The lowest BCUT2D eigenvalue weighted by atomic mass is 9.96. The van der Waals surface area contributed by atoms with Crippen molar-refractivity contribution in [2.75, 3.05) is 39.0 Å². The van der Waals surface area contributed by atoms with Crippen molar-refractivity contribution in [3.63, 3.8) is 0 Å². The first-order valence-corrected chi connectivity index (χ1v) is 28.8. The van der Waals surface area contributed by atoms with Crippen molar-refractivity contribution in [1.82, 2.24) is 40.0 Å². The Morgan fingerprint density at radius 2 is 1.04 bits per heavy atom. The van der Waals surface area contributed by atoms with Gasteiger partial charge in [0.2, 0.25) is 0 Å². The molecule has 444 valence electrons. The summed E-state index contributed by atoms with van der Waals surface area (Å²) >= 11 is 17.9. The monoisotopic (exact) mass is 1200 g/mol. The molecular formula is C62H73Cl3F3N9O6. The number of urea groups is 1. The van der Waals surface area contributed by atoms with Crippen molar-refractivity contribution in [3.8, 4) is 0 Å². The SMILES string of the molecule is CC(C)(C)OC(=O)N1CCC[C@@H]1c1[nH]ncc1Cc1ccc(Cl)cc1.CN(C)C=C(Cc1ccc(Cl)cc1)C(=O)[C@H]1CCCN1C(=O)OC(C)(C)C.O=C(Nc1ccc(C(F)(F)F)cc1)N1CCC[C@@H]1c1[nH]ncc1Cc1ccc(Cl)cc1. The number of halogens is 6. The van der Waals surface area contributed by atoms with E-state index in [1.807, 2.05) is 151 Å². The van der Waals surface area contributed by atoms with Gasteiger partial charge in [-0.05, 0) is 169 Å². The number of Topliss-reactive ketones (excluding diaryl/α,β-unsaturated/α-hetero) is 1. The molecule has 3 aliphatic heterocycles.